The molecule has 0 aromatic rings. The molecule has 1 rings (SSSR count). The van der Waals surface area contributed by atoms with E-state index in [4.69, 9.17) is 9.47 Å². The van der Waals surface area contributed by atoms with Crippen LogP contribution >= 0.6 is 0 Å². The third-order valence-corrected chi connectivity index (χ3v) is 4.14. The number of nitrogens with zero attached hydrogens (tertiary/aromatic N) is 1. The largest absolute Gasteiger partial charge is 0.469 e. The van der Waals surface area contributed by atoms with E-state index in [1.165, 1.54) is 7.11 Å². The number of allylic oxidation sites excluding steroid dienone is 1. The predicted molar refractivity (Wildman–Crippen MR) is 90.1 cm³/mol. The van der Waals surface area contributed by atoms with Crippen molar-refractivity contribution in [3.63, 3.8) is 0 Å². The fraction of sp³-hybridized carbons (Fsp3) is 0.778. The number of carbonyl (C=O) groups is 2. The minimum absolute atomic E-state index is 0.230. The summed E-state index contributed by atoms with van der Waals surface area (Å²) >= 11 is 0. The lowest BCUT2D eigenvalue weighted by Gasteiger charge is -2.37. The molecule has 0 N–H and O–H groups in total. The molecule has 0 bridgehead atoms. The number of likely N-dealkylation sites (tertiary alicyclic amines) is 1. The van der Waals surface area contributed by atoms with Crippen molar-refractivity contribution in [2.45, 2.75) is 58.5 Å². The number of ether oxygens (including phenoxy) is 2. The maximum atomic E-state index is 12.2. The zero-order valence-corrected chi connectivity index (χ0v) is 15.0. The quantitative estimate of drug-likeness (QED) is 0.424. The lowest BCUT2D eigenvalue weighted by Crippen LogP contribution is -2.48. The molecule has 132 valence electrons. The van der Waals surface area contributed by atoms with E-state index in [1.54, 1.807) is 4.90 Å². The molecule has 23 heavy (non-hydrogen) atoms. The van der Waals surface area contributed by atoms with Gasteiger partial charge < -0.3 is 14.4 Å². The number of methoxy groups -OCH3 is 1. The third-order valence-electron chi connectivity index (χ3n) is 4.14. The maximum Gasteiger partial charge on any atom is 0.410 e. The van der Waals surface area contributed by atoms with Gasteiger partial charge in [0.25, 0.3) is 0 Å². The van der Waals surface area contributed by atoms with Crippen molar-refractivity contribution in [2.24, 2.45) is 11.8 Å². The van der Waals surface area contributed by atoms with Crippen LogP contribution < -0.4 is 0 Å². The van der Waals surface area contributed by atoms with Crippen LogP contribution in [0.5, 0.6) is 0 Å². The molecule has 2 atom stereocenters. The summed E-state index contributed by atoms with van der Waals surface area (Å²) in [6.07, 6.45) is 6.52. The number of piperidine rings is 1. The maximum absolute atomic E-state index is 12.2. The minimum atomic E-state index is -0.528. The molecule has 0 spiro atoms. The Hall–Kier alpha value is -1.52. The molecule has 0 aromatic carbocycles. The Bertz CT molecular complexity index is 414. The molecule has 0 saturated carbocycles. The van der Waals surface area contributed by atoms with Gasteiger partial charge in [0.15, 0.2) is 0 Å². The van der Waals surface area contributed by atoms with Gasteiger partial charge in [-0.3, -0.25) is 4.79 Å². The molecule has 1 aliphatic rings. The van der Waals surface area contributed by atoms with Crippen molar-refractivity contribution in [2.75, 3.05) is 20.2 Å². The Morgan fingerprint density at radius 3 is 2.57 bits per heavy atom. The molecular weight excluding hydrogens is 294 g/mol. The Morgan fingerprint density at radius 2 is 2.00 bits per heavy atom. The van der Waals surface area contributed by atoms with E-state index in [0.717, 1.165) is 32.1 Å². The Labute approximate surface area is 140 Å². The van der Waals surface area contributed by atoms with E-state index in [9.17, 15) is 9.59 Å². The van der Waals surface area contributed by atoms with Gasteiger partial charge in [-0.2, -0.15) is 0 Å². The Kier molecular flexibility index (Phi) is 7.59. The molecule has 0 unspecified atom stereocenters. The summed E-state index contributed by atoms with van der Waals surface area (Å²) in [4.78, 5) is 26.0. The highest BCUT2D eigenvalue weighted by molar-refractivity contribution is 5.75. The molecule has 1 aliphatic heterocycles. The van der Waals surface area contributed by atoms with Crippen molar-refractivity contribution in [1.82, 2.24) is 4.90 Å². The summed E-state index contributed by atoms with van der Waals surface area (Å²) in [5, 5.41) is 0. The van der Waals surface area contributed by atoms with Gasteiger partial charge in [0.2, 0.25) is 0 Å². The number of hydrogen-bond acceptors (Lipinski definition) is 4. The lowest BCUT2D eigenvalue weighted by molar-refractivity contribution is -0.149. The van der Waals surface area contributed by atoms with E-state index in [0.29, 0.717) is 13.1 Å². The van der Waals surface area contributed by atoms with Gasteiger partial charge in [-0.05, 0) is 52.4 Å². The summed E-state index contributed by atoms with van der Waals surface area (Å²) in [5.74, 6) is -0.220. The summed E-state index contributed by atoms with van der Waals surface area (Å²) in [5.41, 5.74) is -0.528. The van der Waals surface area contributed by atoms with Crippen LogP contribution in [0.3, 0.4) is 0 Å². The fourth-order valence-corrected chi connectivity index (χ4v) is 2.95. The first-order valence-electron chi connectivity index (χ1n) is 8.45. The molecular formula is C18H31NO4. The normalized spacial score (nSPS) is 21.7. The highest BCUT2D eigenvalue weighted by atomic mass is 16.6. The topological polar surface area (TPSA) is 55.8 Å². The van der Waals surface area contributed by atoms with Gasteiger partial charge in [-0.1, -0.05) is 12.5 Å². The first-order valence-corrected chi connectivity index (χ1v) is 8.45. The number of esters is 1. The van der Waals surface area contributed by atoms with Crippen molar-refractivity contribution >= 4 is 12.1 Å². The molecule has 0 aliphatic carbocycles. The summed E-state index contributed by atoms with van der Waals surface area (Å²) in [6, 6.07) is 0. The summed E-state index contributed by atoms with van der Waals surface area (Å²) in [7, 11) is 1.41. The zero-order chi connectivity index (χ0) is 17.5. The monoisotopic (exact) mass is 325 g/mol. The number of carbonyl (C=O) groups excluding carboxylic acids is 2. The smallest absolute Gasteiger partial charge is 0.410 e. The molecule has 0 aromatic heterocycles. The first-order chi connectivity index (χ1) is 10.8. The van der Waals surface area contributed by atoms with E-state index >= 15 is 0 Å². The van der Waals surface area contributed by atoms with E-state index < -0.39 is 5.60 Å². The van der Waals surface area contributed by atoms with Crippen LogP contribution in [0.1, 0.15) is 52.9 Å². The van der Waals surface area contributed by atoms with Crippen molar-refractivity contribution in [3.05, 3.63) is 12.7 Å². The number of hydrogen-bond donors (Lipinski definition) is 0. The summed E-state index contributed by atoms with van der Waals surface area (Å²) < 4.78 is 10.4. The Morgan fingerprint density at radius 1 is 1.30 bits per heavy atom. The highest BCUT2D eigenvalue weighted by Crippen LogP contribution is 2.30. The van der Waals surface area contributed by atoms with Crippen molar-refractivity contribution < 1.29 is 19.1 Å². The van der Waals surface area contributed by atoms with Crippen LogP contribution in [0, 0.1) is 11.8 Å². The predicted octanol–water partition coefficient (Wildman–Crippen LogP) is 3.78. The first kappa shape index (κ1) is 19.5. The molecule has 1 saturated heterocycles. The van der Waals surface area contributed by atoms with Crippen molar-refractivity contribution in [3.8, 4) is 0 Å². The van der Waals surface area contributed by atoms with Crippen LogP contribution in [-0.2, 0) is 14.3 Å². The van der Waals surface area contributed by atoms with Gasteiger partial charge in [-0.25, -0.2) is 4.79 Å². The van der Waals surface area contributed by atoms with Crippen molar-refractivity contribution in [1.29, 1.82) is 0 Å². The van der Waals surface area contributed by atoms with E-state index in [1.807, 2.05) is 26.8 Å². The van der Waals surface area contributed by atoms with Gasteiger partial charge in [-0.15, -0.1) is 6.58 Å². The second-order valence-electron chi connectivity index (χ2n) is 7.18. The molecule has 5 nitrogen and oxygen atoms in total. The number of rotatable bonds is 6. The summed E-state index contributed by atoms with van der Waals surface area (Å²) in [6.45, 7) is 10.3. The minimum Gasteiger partial charge on any atom is -0.469 e. The van der Waals surface area contributed by atoms with E-state index in [2.05, 4.69) is 6.58 Å². The van der Waals surface area contributed by atoms with Gasteiger partial charge >= 0.3 is 12.1 Å². The van der Waals surface area contributed by atoms with Gasteiger partial charge in [0, 0.05) is 13.1 Å². The number of amides is 1. The molecule has 1 heterocycles. The average molecular weight is 325 g/mol. The highest BCUT2D eigenvalue weighted by Gasteiger charge is 2.37. The third kappa shape index (κ3) is 6.63. The van der Waals surface area contributed by atoms with Crippen LogP contribution in [0.2, 0.25) is 0 Å². The molecule has 5 heteroatoms. The van der Waals surface area contributed by atoms with Crippen LogP contribution in [0.15, 0.2) is 12.7 Å². The van der Waals surface area contributed by atoms with Crippen LogP contribution in [-0.4, -0.2) is 42.8 Å². The second kappa shape index (κ2) is 8.94. The SMILES string of the molecule is C=CCCCC[C@@H]1CCN(C(=O)OC(C)(C)C)C[C@H]1C(=O)OC. The van der Waals surface area contributed by atoms with Crippen LogP contribution in [0.4, 0.5) is 4.79 Å². The van der Waals surface area contributed by atoms with E-state index in [-0.39, 0.29) is 23.9 Å². The van der Waals surface area contributed by atoms with Gasteiger partial charge in [0.1, 0.15) is 5.60 Å². The number of unbranched alkanes of at least 4 members (excludes halogenated alkanes) is 2. The molecule has 1 amide bonds. The standard InChI is InChI=1S/C18H31NO4/c1-6-7-8-9-10-14-11-12-19(13-15(14)16(20)22-5)17(21)23-18(2,3)4/h6,14-15H,1,7-13H2,2-5H3/t14-,15-/m1/s1. The fourth-order valence-electron chi connectivity index (χ4n) is 2.95. The lowest BCUT2D eigenvalue weighted by atomic mass is 9.82. The molecule has 1 fully saturated rings. The van der Waals surface area contributed by atoms with Gasteiger partial charge in [0.05, 0.1) is 13.0 Å². The average Bonchev–Trinajstić information content (AvgIpc) is 2.49. The second-order valence-corrected chi connectivity index (χ2v) is 7.18. The molecule has 0 radical (unpaired) electrons. The Balaban J connectivity index is 2.64. The zero-order valence-electron chi connectivity index (χ0n) is 15.0. The van der Waals surface area contributed by atoms with Crippen LogP contribution in [0.25, 0.3) is 0 Å².